The molecule has 0 N–H and O–H groups in total. The Morgan fingerprint density at radius 3 is 2.70 bits per heavy atom. The lowest BCUT2D eigenvalue weighted by Gasteiger charge is -2.10. The van der Waals surface area contributed by atoms with Gasteiger partial charge in [0.05, 0.1) is 17.4 Å². The highest BCUT2D eigenvalue weighted by Gasteiger charge is 2.29. The smallest absolute Gasteiger partial charge is 0.307 e. The number of ether oxygens (including phenoxy) is 1. The third kappa shape index (κ3) is 4.03. The number of carbonyl (C=O) groups is 1. The molecule has 8 heteroatoms. The normalized spacial score (nSPS) is 16.4. The van der Waals surface area contributed by atoms with E-state index in [0.29, 0.717) is 18.7 Å². The van der Waals surface area contributed by atoms with Gasteiger partial charge in [-0.15, -0.1) is 0 Å². The number of nitrogens with zero attached hydrogens (tertiary/aromatic N) is 2. The molecule has 1 aromatic heterocycles. The molecule has 7 nitrogen and oxygen atoms in total. The van der Waals surface area contributed by atoms with Crippen LogP contribution in [0.5, 0.6) is 0 Å². The minimum Gasteiger partial charge on any atom is -0.456 e. The summed E-state index contributed by atoms with van der Waals surface area (Å²) in [5.41, 5.74) is 0. The van der Waals surface area contributed by atoms with Gasteiger partial charge in [-0.3, -0.25) is 4.79 Å². The van der Waals surface area contributed by atoms with Gasteiger partial charge in [-0.1, -0.05) is 18.0 Å². The second-order valence-electron chi connectivity index (χ2n) is 4.92. The Labute approximate surface area is 117 Å². The number of hydrogen-bond acceptors (Lipinski definition) is 7. The number of sulfone groups is 1. The van der Waals surface area contributed by atoms with Gasteiger partial charge in [0.2, 0.25) is 0 Å². The Bertz CT molecular complexity index is 560. The van der Waals surface area contributed by atoms with Crippen molar-refractivity contribution in [3.05, 3.63) is 11.7 Å². The fourth-order valence-electron chi connectivity index (χ4n) is 2.25. The van der Waals surface area contributed by atoms with Gasteiger partial charge >= 0.3 is 5.97 Å². The van der Waals surface area contributed by atoms with E-state index in [9.17, 15) is 13.2 Å². The number of esters is 1. The average Bonchev–Trinajstić information content (AvgIpc) is 3.05. The maximum Gasteiger partial charge on any atom is 0.307 e. The summed E-state index contributed by atoms with van der Waals surface area (Å²) in [6, 6.07) is 0. The number of aromatic nitrogens is 2. The van der Waals surface area contributed by atoms with Crippen LogP contribution in [-0.4, -0.2) is 35.5 Å². The molecule has 0 bridgehead atoms. The van der Waals surface area contributed by atoms with E-state index < -0.39 is 15.8 Å². The summed E-state index contributed by atoms with van der Waals surface area (Å²) < 4.78 is 33.6. The second kappa shape index (κ2) is 6.34. The van der Waals surface area contributed by atoms with Crippen molar-refractivity contribution >= 4 is 15.8 Å². The van der Waals surface area contributed by atoms with Gasteiger partial charge < -0.3 is 9.26 Å². The van der Waals surface area contributed by atoms with E-state index in [-0.39, 0.29) is 29.9 Å². The summed E-state index contributed by atoms with van der Waals surface area (Å²) >= 11 is 0. The molecule has 0 spiro atoms. The lowest BCUT2D eigenvalue weighted by Crippen LogP contribution is -2.23. The molecule has 0 saturated heterocycles. The molecule has 0 atom stereocenters. The van der Waals surface area contributed by atoms with Gasteiger partial charge in [0.15, 0.2) is 22.3 Å². The Morgan fingerprint density at radius 2 is 2.10 bits per heavy atom. The number of aryl methyl sites for hydroxylation is 1. The van der Waals surface area contributed by atoms with Crippen LogP contribution >= 0.6 is 0 Å². The molecule has 0 aromatic carbocycles. The van der Waals surface area contributed by atoms with E-state index in [2.05, 4.69) is 10.1 Å². The Kier molecular flexibility index (Phi) is 4.74. The predicted octanol–water partition coefficient (Wildman–Crippen LogP) is 1.17. The van der Waals surface area contributed by atoms with Crippen molar-refractivity contribution in [1.29, 1.82) is 0 Å². The highest BCUT2D eigenvalue weighted by atomic mass is 32.2. The van der Waals surface area contributed by atoms with Crippen LogP contribution in [0.4, 0.5) is 0 Å². The monoisotopic (exact) mass is 302 g/mol. The van der Waals surface area contributed by atoms with Crippen LogP contribution in [-0.2, 0) is 26.0 Å². The molecule has 1 aliphatic rings. The van der Waals surface area contributed by atoms with E-state index in [1.807, 2.05) is 0 Å². The van der Waals surface area contributed by atoms with Crippen molar-refractivity contribution in [2.24, 2.45) is 0 Å². The van der Waals surface area contributed by atoms with Crippen LogP contribution in [0.3, 0.4) is 0 Å². The van der Waals surface area contributed by atoms with Crippen molar-refractivity contribution in [2.45, 2.75) is 50.9 Å². The molecule has 2 rings (SSSR count). The standard InChI is InChI=1S/C12H18N2O5S/c1-9-13-11(19-14-9)8-18-12(15)6-7-20(16,17)10-4-2-3-5-10/h10H,2-8H2,1H3. The van der Waals surface area contributed by atoms with Gasteiger partial charge in [0.1, 0.15) is 0 Å². The molecule has 1 fully saturated rings. The summed E-state index contributed by atoms with van der Waals surface area (Å²) in [6.07, 6.45) is 3.18. The molecular weight excluding hydrogens is 284 g/mol. The van der Waals surface area contributed by atoms with E-state index in [0.717, 1.165) is 12.8 Å². The van der Waals surface area contributed by atoms with E-state index in [1.165, 1.54) is 0 Å². The van der Waals surface area contributed by atoms with Gasteiger partial charge in [0, 0.05) is 0 Å². The molecular formula is C12H18N2O5S. The quantitative estimate of drug-likeness (QED) is 0.727. The zero-order valence-corrected chi connectivity index (χ0v) is 12.2. The van der Waals surface area contributed by atoms with Gasteiger partial charge in [-0.05, 0) is 19.8 Å². The van der Waals surface area contributed by atoms with Crippen LogP contribution in [0.15, 0.2) is 4.52 Å². The van der Waals surface area contributed by atoms with Crippen LogP contribution in [0.1, 0.15) is 43.8 Å². The minimum atomic E-state index is -3.19. The van der Waals surface area contributed by atoms with Crippen LogP contribution < -0.4 is 0 Å². The highest BCUT2D eigenvalue weighted by Crippen LogP contribution is 2.25. The summed E-state index contributed by atoms with van der Waals surface area (Å²) in [4.78, 5) is 15.4. The van der Waals surface area contributed by atoms with E-state index in [1.54, 1.807) is 6.92 Å². The summed E-state index contributed by atoms with van der Waals surface area (Å²) in [5.74, 6) is -0.0592. The zero-order valence-electron chi connectivity index (χ0n) is 11.4. The Balaban J connectivity index is 1.74. The molecule has 1 heterocycles. The predicted molar refractivity (Wildman–Crippen MR) is 69.5 cm³/mol. The highest BCUT2D eigenvalue weighted by molar-refractivity contribution is 7.92. The molecule has 20 heavy (non-hydrogen) atoms. The fraction of sp³-hybridized carbons (Fsp3) is 0.750. The number of carbonyl (C=O) groups excluding carboxylic acids is 1. The first-order valence-corrected chi connectivity index (χ1v) is 8.35. The number of hydrogen-bond donors (Lipinski definition) is 0. The second-order valence-corrected chi connectivity index (χ2v) is 7.32. The summed E-state index contributed by atoms with van der Waals surface area (Å²) in [6.45, 7) is 1.53. The zero-order chi connectivity index (χ0) is 14.6. The molecule has 0 amide bonds. The van der Waals surface area contributed by atoms with Crippen LogP contribution in [0.2, 0.25) is 0 Å². The molecule has 0 unspecified atom stereocenters. The van der Waals surface area contributed by atoms with E-state index in [4.69, 9.17) is 9.26 Å². The first-order valence-electron chi connectivity index (χ1n) is 6.64. The molecule has 1 saturated carbocycles. The maximum atomic E-state index is 12.0. The Hall–Kier alpha value is -1.44. The molecule has 0 radical (unpaired) electrons. The topological polar surface area (TPSA) is 99.4 Å². The van der Waals surface area contributed by atoms with Crippen LogP contribution in [0, 0.1) is 6.92 Å². The van der Waals surface area contributed by atoms with Crippen molar-refractivity contribution in [3.8, 4) is 0 Å². The molecule has 112 valence electrons. The SMILES string of the molecule is Cc1noc(COC(=O)CCS(=O)(=O)C2CCCC2)n1. The van der Waals surface area contributed by atoms with E-state index >= 15 is 0 Å². The summed E-state index contributed by atoms with van der Waals surface area (Å²) in [7, 11) is -3.19. The molecule has 1 aliphatic carbocycles. The van der Waals surface area contributed by atoms with Crippen molar-refractivity contribution in [1.82, 2.24) is 10.1 Å². The first kappa shape index (κ1) is 15.0. The van der Waals surface area contributed by atoms with Gasteiger partial charge in [-0.25, -0.2) is 8.42 Å². The Morgan fingerprint density at radius 1 is 1.40 bits per heavy atom. The summed E-state index contributed by atoms with van der Waals surface area (Å²) in [5, 5.41) is 3.28. The molecule has 0 aliphatic heterocycles. The first-order chi connectivity index (χ1) is 9.47. The lowest BCUT2D eigenvalue weighted by molar-refractivity contribution is -0.145. The number of rotatable bonds is 6. The van der Waals surface area contributed by atoms with Crippen molar-refractivity contribution < 1.29 is 22.5 Å². The van der Waals surface area contributed by atoms with Crippen molar-refractivity contribution in [2.75, 3.05) is 5.75 Å². The third-order valence-corrected chi connectivity index (χ3v) is 5.59. The fourth-order valence-corrected chi connectivity index (χ4v) is 4.09. The van der Waals surface area contributed by atoms with Gasteiger partial charge in [0.25, 0.3) is 5.89 Å². The third-order valence-electron chi connectivity index (χ3n) is 3.33. The van der Waals surface area contributed by atoms with Gasteiger partial charge in [-0.2, -0.15) is 4.98 Å². The minimum absolute atomic E-state index is 0.122. The van der Waals surface area contributed by atoms with Crippen LogP contribution in [0.25, 0.3) is 0 Å². The largest absolute Gasteiger partial charge is 0.456 e. The lowest BCUT2D eigenvalue weighted by atomic mass is 10.4. The molecule has 1 aromatic rings. The maximum absolute atomic E-state index is 12.0. The van der Waals surface area contributed by atoms with Crippen molar-refractivity contribution in [3.63, 3.8) is 0 Å². The average molecular weight is 302 g/mol.